The van der Waals surface area contributed by atoms with E-state index in [4.69, 9.17) is 9.47 Å². The van der Waals surface area contributed by atoms with Crippen LogP contribution in [0.25, 0.3) is 0 Å². The van der Waals surface area contributed by atoms with E-state index in [1.54, 1.807) is 55.4 Å². The number of carbonyl (C=O) groups excluding carboxylic acids is 2. The molecule has 0 aromatic rings. The summed E-state index contributed by atoms with van der Waals surface area (Å²) >= 11 is 0. The van der Waals surface area contributed by atoms with E-state index in [1.165, 1.54) is 0 Å². The Morgan fingerprint density at radius 2 is 1.30 bits per heavy atom. The number of carbonyl (C=O) groups is 3. The van der Waals surface area contributed by atoms with Gasteiger partial charge in [0.15, 0.2) is 0 Å². The maximum atomic E-state index is 12.4. The topological polar surface area (TPSA) is 93.1 Å². The fourth-order valence-corrected chi connectivity index (χ4v) is 1.76. The second-order valence-corrected chi connectivity index (χ2v) is 7.50. The van der Waals surface area contributed by atoms with Crippen LogP contribution in [0, 0.1) is 5.92 Å². The Kier molecular flexibility index (Phi) is 7.06. The van der Waals surface area contributed by atoms with Crippen molar-refractivity contribution in [3.05, 3.63) is 0 Å². The molecular weight excluding hydrogens is 302 g/mol. The lowest BCUT2D eigenvalue weighted by atomic mass is 9.98. The number of ether oxygens (including phenoxy) is 2. The van der Waals surface area contributed by atoms with Crippen molar-refractivity contribution in [2.45, 2.75) is 79.1 Å². The van der Waals surface area contributed by atoms with Gasteiger partial charge >= 0.3 is 18.2 Å². The molecule has 2 unspecified atom stereocenters. The predicted octanol–water partition coefficient (Wildman–Crippen LogP) is 3.66. The number of rotatable bonds is 4. The lowest BCUT2D eigenvalue weighted by molar-refractivity contribution is -0.145. The fraction of sp³-hybridized carbons (Fsp3) is 0.812. The van der Waals surface area contributed by atoms with Crippen molar-refractivity contribution < 1.29 is 29.0 Å². The Morgan fingerprint density at radius 3 is 1.52 bits per heavy atom. The van der Waals surface area contributed by atoms with E-state index in [-0.39, 0.29) is 0 Å². The minimum absolute atomic E-state index is 0.451. The molecule has 0 spiro atoms. The molecule has 7 heteroatoms. The first kappa shape index (κ1) is 21.2. The number of hydrogen-bond acceptors (Lipinski definition) is 5. The summed E-state index contributed by atoms with van der Waals surface area (Å²) in [6, 6.07) is -1.36. The maximum Gasteiger partial charge on any atom is 0.420 e. The molecule has 1 N–H and O–H groups in total. The molecule has 23 heavy (non-hydrogen) atoms. The summed E-state index contributed by atoms with van der Waals surface area (Å²) in [6.07, 6.45) is -1.59. The SMILES string of the molecule is CCC(C)C(C(=O)O)N(C(=O)OC(C)(C)C)C(=O)OC(C)(C)C. The normalized spacial score (nSPS) is 14.6. The van der Waals surface area contributed by atoms with Crippen molar-refractivity contribution in [3.8, 4) is 0 Å². The van der Waals surface area contributed by atoms with Gasteiger partial charge in [-0.25, -0.2) is 14.4 Å². The molecule has 0 bridgehead atoms. The van der Waals surface area contributed by atoms with Gasteiger partial charge in [0.25, 0.3) is 0 Å². The smallest absolute Gasteiger partial charge is 0.420 e. The van der Waals surface area contributed by atoms with Crippen LogP contribution in [-0.2, 0) is 14.3 Å². The van der Waals surface area contributed by atoms with Crippen LogP contribution in [0.2, 0.25) is 0 Å². The van der Waals surface area contributed by atoms with Gasteiger partial charge < -0.3 is 14.6 Å². The van der Waals surface area contributed by atoms with Crippen LogP contribution in [0.1, 0.15) is 61.8 Å². The second kappa shape index (κ2) is 7.66. The quantitative estimate of drug-likeness (QED) is 0.845. The minimum Gasteiger partial charge on any atom is -0.480 e. The van der Waals surface area contributed by atoms with E-state index in [2.05, 4.69) is 0 Å². The van der Waals surface area contributed by atoms with E-state index >= 15 is 0 Å². The maximum absolute atomic E-state index is 12.4. The van der Waals surface area contributed by atoms with Gasteiger partial charge in [0.05, 0.1) is 0 Å². The molecule has 0 aliphatic heterocycles. The third-order valence-corrected chi connectivity index (χ3v) is 2.89. The van der Waals surface area contributed by atoms with Gasteiger partial charge in [-0.1, -0.05) is 20.3 Å². The largest absolute Gasteiger partial charge is 0.480 e. The molecule has 0 fully saturated rings. The number of carboxylic acids is 1. The summed E-state index contributed by atoms with van der Waals surface area (Å²) in [5.74, 6) is -1.73. The second-order valence-electron chi connectivity index (χ2n) is 7.50. The van der Waals surface area contributed by atoms with E-state index < -0.39 is 41.3 Å². The Balaban J connectivity index is 5.72. The van der Waals surface area contributed by atoms with Crippen molar-refractivity contribution >= 4 is 18.2 Å². The van der Waals surface area contributed by atoms with Crippen LogP contribution < -0.4 is 0 Å². The Bertz CT molecular complexity index is 418. The van der Waals surface area contributed by atoms with Crippen LogP contribution in [0.5, 0.6) is 0 Å². The molecule has 0 saturated carbocycles. The highest BCUT2D eigenvalue weighted by Gasteiger charge is 2.42. The van der Waals surface area contributed by atoms with Crippen molar-refractivity contribution in [2.75, 3.05) is 0 Å². The molecule has 0 saturated heterocycles. The summed E-state index contributed by atoms with van der Waals surface area (Å²) in [6.45, 7) is 13.3. The standard InChI is InChI=1S/C16H29NO6/c1-9-10(2)11(12(18)19)17(13(20)22-15(3,4)5)14(21)23-16(6,7)8/h10-11H,9H2,1-8H3,(H,18,19). The number of carboxylic acid groups (broad SMARTS) is 1. The Labute approximate surface area is 137 Å². The van der Waals surface area contributed by atoms with E-state index in [0.717, 1.165) is 0 Å². The highest BCUT2D eigenvalue weighted by molar-refractivity contribution is 5.93. The molecule has 2 atom stereocenters. The summed E-state index contributed by atoms with van der Waals surface area (Å²) in [4.78, 5) is 37.0. The van der Waals surface area contributed by atoms with Gasteiger partial charge in [-0.2, -0.15) is 4.90 Å². The van der Waals surface area contributed by atoms with Crippen LogP contribution in [0.15, 0.2) is 0 Å². The number of aliphatic carboxylic acids is 1. The van der Waals surface area contributed by atoms with E-state index in [0.29, 0.717) is 11.3 Å². The van der Waals surface area contributed by atoms with Crippen LogP contribution >= 0.6 is 0 Å². The van der Waals surface area contributed by atoms with Crippen molar-refractivity contribution in [3.63, 3.8) is 0 Å². The molecule has 0 radical (unpaired) electrons. The summed E-state index contributed by atoms with van der Waals surface area (Å²) in [5, 5.41) is 9.48. The molecule has 0 heterocycles. The molecule has 7 nitrogen and oxygen atoms in total. The molecular formula is C16H29NO6. The molecule has 0 aliphatic carbocycles. The molecule has 134 valence electrons. The molecule has 0 aromatic carbocycles. The lowest BCUT2D eigenvalue weighted by Crippen LogP contribution is -2.54. The van der Waals surface area contributed by atoms with Crippen LogP contribution in [-0.4, -0.2) is 45.4 Å². The monoisotopic (exact) mass is 331 g/mol. The summed E-state index contributed by atoms with van der Waals surface area (Å²) in [5.41, 5.74) is -1.73. The van der Waals surface area contributed by atoms with Crippen molar-refractivity contribution in [1.29, 1.82) is 0 Å². The number of nitrogens with zero attached hydrogens (tertiary/aromatic N) is 1. The molecule has 0 aliphatic rings. The third-order valence-electron chi connectivity index (χ3n) is 2.89. The first-order chi connectivity index (χ1) is 10.2. The summed E-state index contributed by atoms with van der Waals surface area (Å²) in [7, 11) is 0. The number of amides is 2. The Hall–Kier alpha value is -1.79. The van der Waals surface area contributed by atoms with Crippen LogP contribution in [0.4, 0.5) is 9.59 Å². The zero-order valence-corrected chi connectivity index (χ0v) is 15.3. The Morgan fingerprint density at radius 1 is 0.957 bits per heavy atom. The first-order valence-corrected chi connectivity index (χ1v) is 7.67. The minimum atomic E-state index is -1.36. The average molecular weight is 331 g/mol. The predicted molar refractivity (Wildman–Crippen MR) is 85.2 cm³/mol. The molecule has 2 amide bonds. The number of hydrogen-bond donors (Lipinski definition) is 1. The zero-order chi connectivity index (χ0) is 18.6. The first-order valence-electron chi connectivity index (χ1n) is 7.67. The van der Waals surface area contributed by atoms with Crippen LogP contribution in [0.3, 0.4) is 0 Å². The van der Waals surface area contributed by atoms with Crippen molar-refractivity contribution in [2.24, 2.45) is 5.92 Å². The highest BCUT2D eigenvalue weighted by Crippen LogP contribution is 2.22. The van der Waals surface area contributed by atoms with Gasteiger partial charge in [0.2, 0.25) is 0 Å². The number of imide groups is 1. The third kappa shape index (κ3) is 7.34. The van der Waals surface area contributed by atoms with Gasteiger partial charge in [0.1, 0.15) is 17.2 Å². The van der Waals surface area contributed by atoms with Crippen molar-refractivity contribution in [1.82, 2.24) is 4.90 Å². The summed E-state index contributed by atoms with van der Waals surface area (Å²) < 4.78 is 10.4. The zero-order valence-electron chi connectivity index (χ0n) is 15.3. The molecule has 0 aromatic heterocycles. The fourth-order valence-electron chi connectivity index (χ4n) is 1.76. The van der Waals surface area contributed by atoms with E-state index in [9.17, 15) is 19.5 Å². The van der Waals surface area contributed by atoms with Gasteiger partial charge in [-0.15, -0.1) is 0 Å². The van der Waals surface area contributed by atoms with E-state index in [1.807, 2.05) is 0 Å². The van der Waals surface area contributed by atoms with Gasteiger partial charge in [-0.3, -0.25) is 0 Å². The lowest BCUT2D eigenvalue weighted by Gasteiger charge is -2.33. The average Bonchev–Trinajstić information content (AvgIpc) is 2.29. The van der Waals surface area contributed by atoms with Gasteiger partial charge in [0, 0.05) is 0 Å². The molecule has 0 rings (SSSR count). The van der Waals surface area contributed by atoms with Gasteiger partial charge in [-0.05, 0) is 47.5 Å². The highest BCUT2D eigenvalue weighted by atomic mass is 16.6.